The lowest BCUT2D eigenvalue weighted by Gasteiger charge is -2.12. The Hall–Kier alpha value is -1.88. The van der Waals surface area contributed by atoms with Crippen molar-refractivity contribution in [2.75, 3.05) is 5.32 Å². The summed E-state index contributed by atoms with van der Waals surface area (Å²) in [6, 6.07) is 6.34. The predicted octanol–water partition coefficient (Wildman–Crippen LogP) is 4.33. The predicted molar refractivity (Wildman–Crippen MR) is 80.1 cm³/mol. The topological polar surface area (TPSA) is 51.0 Å². The highest BCUT2D eigenvalue weighted by Crippen LogP contribution is 2.40. The van der Waals surface area contributed by atoms with Crippen molar-refractivity contribution in [2.45, 2.75) is 31.7 Å². The average Bonchev–Trinajstić information content (AvgIpc) is 3.00. The zero-order valence-corrected chi connectivity index (χ0v) is 12.0. The highest BCUT2D eigenvalue weighted by Gasteiger charge is 2.28. The molecular formula is C15H15N3OS. The lowest BCUT2D eigenvalue weighted by atomic mass is 10.2. The van der Waals surface area contributed by atoms with E-state index >= 15 is 0 Å². The number of aromatic nitrogens is 2. The first-order chi connectivity index (χ1) is 9.79. The molecule has 20 heavy (non-hydrogen) atoms. The van der Waals surface area contributed by atoms with Crippen molar-refractivity contribution in [1.82, 2.24) is 9.97 Å². The van der Waals surface area contributed by atoms with Gasteiger partial charge in [-0.2, -0.15) is 0 Å². The minimum absolute atomic E-state index is 0.245. The summed E-state index contributed by atoms with van der Waals surface area (Å²) in [5.41, 5.74) is 4.74. The molecule has 2 heterocycles. The van der Waals surface area contributed by atoms with Gasteiger partial charge in [0, 0.05) is 22.7 Å². The quantitative estimate of drug-likeness (QED) is 0.775. The van der Waals surface area contributed by atoms with Crippen LogP contribution in [0.3, 0.4) is 0 Å². The van der Waals surface area contributed by atoms with Gasteiger partial charge in [0.15, 0.2) is 11.5 Å². The van der Waals surface area contributed by atoms with E-state index in [1.807, 2.05) is 23.8 Å². The first-order valence-corrected chi connectivity index (χ1v) is 7.73. The minimum Gasteiger partial charge on any atom is -0.440 e. The van der Waals surface area contributed by atoms with Gasteiger partial charge in [-0.1, -0.05) is 0 Å². The lowest BCUT2D eigenvalue weighted by molar-refractivity contribution is 0.533. The molecule has 5 heteroatoms. The van der Waals surface area contributed by atoms with E-state index in [1.165, 1.54) is 17.7 Å². The Morgan fingerprint density at radius 1 is 1.40 bits per heavy atom. The van der Waals surface area contributed by atoms with E-state index in [2.05, 4.69) is 28.3 Å². The molecule has 0 spiro atoms. The second-order valence-corrected chi connectivity index (χ2v) is 6.20. The van der Waals surface area contributed by atoms with Crippen LogP contribution in [-0.2, 0) is 0 Å². The van der Waals surface area contributed by atoms with Crippen molar-refractivity contribution in [1.29, 1.82) is 0 Å². The van der Waals surface area contributed by atoms with Gasteiger partial charge in [-0.3, -0.25) is 4.98 Å². The average molecular weight is 285 g/mol. The third-order valence-corrected chi connectivity index (χ3v) is 4.55. The molecule has 1 fully saturated rings. The maximum absolute atomic E-state index is 5.78. The van der Waals surface area contributed by atoms with Crippen LogP contribution in [-0.4, -0.2) is 9.97 Å². The summed E-state index contributed by atoms with van der Waals surface area (Å²) in [6.07, 6.45) is 4.32. The Bertz CT molecular complexity index is 731. The monoisotopic (exact) mass is 285 g/mol. The number of hydrogen-bond acceptors (Lipinski definition) is 5. The van der Waals surface area contributed by atoms with E-state index in [9.17, 15) is 0 Å². The number of oxazole rings is 1. The summed E-state index contributed by atoms with van der Waals surface area (Å²) in [4.78, 5) is 9.93. The zero-order chi connectivity index (χ0) is 13.5. The largest absolute Gasteiger partial charge is 0.440 e. The maximum atomic E-state index is 5.78. The molecule has 4 nitrogen and oxygen atoms in total. The molecule has 4 rings (SSSR count). The number of rotatable bonds is 4. The van der Waals surface area contributed by atoms with Crippen molar-refractivity contribution in [3.05, 3.63) is 40.7 Å². The van der Waals surface area contributed by atoms with E-state index < -0.39 is 0 Å². The summed E-state index contributed by atoms with van der Waals surface area (Å²) in [6.45, 7) is 2.14. The van der Waals surface area contributed by atoms with Crippen LogP contribution < -0.4 is 5.32 Å². The van der Waals surface area contributed by atoms with Gasteiger partial charge in [0.05, 0.1) is 11.6 Å². The van der Waals surface area contributed by atoms with E-state index in [1.54, 1.807) is 11.3 Å². The molecule has 2 aromatic heterocycles. The fraction of sp³-hybridized carbons (Fsp3) is 0.333. The number of fused-ring (bicyclic) bond motifs is 1. The lowest BCUT2D eigenvalue weighted by Crippen LogP contribution is -2.04. The Kier molecular flexibility index (Phi) is 2.73. The molecule has 1 saturated carbocycles. The van der Waals surface area contributed by atoms with Crippen LogP contribution in [0.25, 0.3) is 11.1 Å². The van der Waals surface area contributed by atoms with Crippen LogP contribution in [0.5, 0.6) is 0 Å². The fourth-order valence-corrected chi connectivity index (χ4v) is 2.93. The second-order valence-electron chi connectivity index (χ2n) is 5.28. The molecule has 0 amide bonds. The molecule has 3 aromatic rings. The van der Waals surface area contributed by atoms with Crippen LogP contribution in [0.4, 0.5) is 5.69 Å². The normalized spacial score (nSPS) is 16.4. The summed E-state index contributed by atoms with van der Waals surface area (Å²) in [5, 5.41) is 3.48. The van der Waals surface area contributed by atoms with Crippen LogP contribution in [0, 0.1) is 0 Å². The molecule has 1 atom stereocenters. The maximum Gasteiger partial charge on any atom is 0.198 e. The third kappa shape index (κ3) is 2.18. The molecule has 1 aliphatic rings. The molecule has 1 unspecified atom stereocenters. The Morgan fingerprint density at radius 2 is 2.30 bits per heavy atom. The van der Waals surface area contributed by atoms with Crippen LogP contribution in [0.1, 0.15) is 42.5 Å². The fourth-order valence-electron chi connectivity index (χ4n) is 2.30. The van der Waals surface area contributed by atoms with Gasteiger partial charge in [0.2, 0.25) is 0 Å². The number of nitrogens with zero attached hydrogens (tertiary/aromatic N) is 2. The van der Waals surface area contributed by atoms with E-state index in [0.717, 1.165) is 22.7 Å². The Labute approximate surface area is 120 Å². The van der Waals surface area contributed by atoms with Crippen molar-refractivity contribution in [2.24, 2.45) is 0 Å². The van der Waals surface area contributed by atoms with E-state index in [0.29, 0.717) is 5.92 Å². The van der Waals surface area contributed by atoms with Crippen LogP contribution in [0.2, 0.25) is 0 Å². The summed E-state index contributed by atoms with van der Waals surface area (Å²) in [5.74, 6) is 1.45. The molecular weight excluding hydrogens is 270 g/mol. The summed E-state index contributed by atoms with van der Waals surface area (Å²) < 4.78 is 5.78. The van der Waals surface area contributed by atoms with Crippen molar-refractivity contribution in [3.8, 4) is 0 Å². The standard InChI is InChI=1S/C15H15N3OS/c1-9(14-7-16-8-20-14)17-11-4-5-13-12(6-11)18-15(19-13)10-2-3-10/h4-10,17H,2-3H2,1H3. The Balaban J connectivity index is 1.60. The van der Waals surface area contributed by atoms with Gasteiger partial charge in [0.1, 0.15) is 5.52 Å². The zero-order valence-electron chi connectivity index (χ0n) is 11.2. The molecule has 0 bridgehead atoms. The van der Waals surface area contributed by atoms with Gasteiger partial charge in [0.25, 0.3) is 0 Å². The number of nitrogens with one attached hydrogen (secondary N) is 1. The second kappa shape index (κ2) is 4.59. The smallest absolute Gasteiger partial charge is 0.198 e. The SMILES string of the molecule is CC(Nc1ccc2oc(C3CC3)nc2c1)c1cncs1. The first kappa shape index (κ1) is 11.9. The number of hydrogen-bond donors (Lipinski definition) is 1. The Morgan fingerprint density at radius 3 is 3.05 bits per heavy atom. The van der Waals surface area contributed by atoms with E-state index in [-0.39, 0.29) is 6.04 Å². The van der Waals surface area contributed by atoms with Crippen molar-refractivity contribution < 1.29 is 4.42 Å². The van der Waals surface area contributed by atoms with Crippen LogP contribution >= 0.6 is 11.3 Å². The van der Waals surface area contributed by atoms with Gasteiger partial charge >= 0.3 is 0 Å². The van der Waals surface area contributed by atoms with Gasteiger partial charge < -0.3 is 9.73 Å². The van der Waals surface area contributed by atoms with E-state index in [4.69, 9.17) is 4.42 Å². The van der Waals surface area contributed by atoms with Crippen LogP contribution in [0.15, 0.2) is 34.3 Å². The third-order valence-electron chi connectivity index (χ3n) is 3.59. The molecule has 0 aliphatic heterocycles. The summed E-state index contributed by atoms with van der Waals surface area (Å²) >= 11 is 1.66. The van der Waals surface area contributed by atoms with Crippen molar-refractivity contribution in [3.63, 3.8) is 0 Å². The first-order valence-electron chi connectivity index (χ1n) is 6.85. The molecule has 102 valence electrons. The molecule has 0 saturated heterocycles. The highest BCUT2D eigenvalue weighted by atomic mass is 32.1. The molecule has 1 aliphatic carbocycles. The number of thiazole rings is 1. The van der Waals surface area contributed by atoms with Gasteiger partial charge in [-0.15, -0.1) is 11.3 Å². The summed E-state index contributed by atoms with van der Waals surface area (Å²) in [7, 11) is 0. The molecule has 1 N–H and O–H groups in total. The number of benzene rings is 1. The van der Waals surface area contributed by atoms with Gasteiger partial charge in [-0.05, 0) is 38.0 Å². The molecule has 1 aromatic carbocycles. The number of anilines is 1. The minimum atomic E-state index is 0.245. The highest BCUT2D eigenvalue weighted by molar-refractivity contribution is 7.09. The van der Waals surface area contributed by atoms with Crippen molar-refractivity contribution >= 4 is 28.1 Å². The van der Waals surface area contributed by atoms with Gasteiger partial charge in [-0.25, -0.2) is 4.98 Å². The molecule has 0 radical (unpaired) electrons.